The van der Waals surface area contributed by atoms with Gasteiger partial charge >= 0.3 is 0 Å². The van der Waals surface area contributed by atoms with E-state index in [0.29, 0.717) is 11.9 Å². The zero-order valence-corrected chi connectivity index (χ0v) is 13.0. The van der Waals surface area contributed by atoms with Crippen LogP contribution in [0, 0.1) is 6.92 Å². The van der Waals surface area contributed by atoms with Crippen molar-refractivity contribution in [1.29, 1.82) is 0 Å². The molecule has 2 aromatic rings. The van der Waals surface area contributed by atoms with E-state index in [0.717, 1.165) is 36.2 Å². The minimum absolute atomic E-state index is 0.437. The van der Waals surface area contributed by atoms with Crippen LogP contribution >= 0.6 is 15.9 Å². The van der Waals surface area contributed by atoms with Gasteiger partial charge in [-0.3, -0.25) is 4.68 Å². The summed E-state index contributed by atoms with van der Waals surface area (Å²) in [5.41, 5.74) is 6.90. The van der Waals surface area contributed by atoms with Crippen LogP contribution in [0.15, 0.2) is 29.0 Å². The predicted molar refractivity (Wildman–Crippen MR) is 83.8 cm³/mol. The maximum absolute atomic E-state index is 5.68. The average Bonchev–Trinajstić information content (AvgIpc) is 2.89. The van der Waals surface area contributed by atoms with E-state index in [-0.39, 0.29) is 0 Å². The van der Waals surface area contributed by atoms with Crippen LogP contribution in [0.2, 0.25) is 0 Å². The van der Waals surface area contributed by atoms with Gasteiger partial charge in [0.25, 0.3) is 0 Å². The number of aromatic nitrogens is 3. The summed E-state index contributed by atoms with van der Waals surface area (Å²) in [4.78, 5) is 6.84. The lowest BCUT2D eigenvalue weighted by Crippen LogP contribution is -2.35. The Balaban J connectivity index is 1.71. The molecule has 0 amide bonds. The van der Waals surface area contributed by atoms with Gasteiger partial charge in [0, 0.05) is 25.5 Å². The van der Waals surface area contributed by atoms with E-state index >= 15 is 0 Å². The number of hydrogen-bond acceptors (Lipinski definition) is 4. The summed E-state index contributed by atoms with van der Waals surface area (Å²) in [6.07, 6.45) is 5.96. The fourth-order valence-electron chi connectivity index (χ4n) is 2.64. The van der Waals surface area contributed by atoms with E-state index in [1.807, 2.05) is 29.2 Å². The molecule has 3 heterocycles. The Bertz CT molecular complexity index is 601. The van der Waals surface area contributed by atoms with E-state index in [1.165, 1.54) is 5.56 Å². The Kier molecular flexibility index (Phi) is 3.65. The Hall–Kier alpha value is -1.56. The van der Waals surface area contributed by atoms with Gasteiger partial charge in [-0.05, 0) is 53.4 Å². The highest BCUT2D eigenvalue weighted by Crippen LogP contribution is 2.31. The molecular weight excluding hydrogens is 318 g/mol. The van der Waals surface area contributed by atoms with E-state index < -0.39 is 0 Å². The van der Waals surface area contributed by atoms with Crippen molar-refractivity contribution in [3.05, 3.63) is 34.6 Å². The molecule has 0 atom stereocenters. The summed E-state index contributed by atoms with van der Waals surface area (Å²) >= 11 is 3.64. The highest BCUT2D eigenvalue weighted by Gasteiger charge is 2.23. The third-order valence-electron chi connectivity index (χ3n) is 3.83. The van der Waals surface area contributed by atoms with E-state index in [4.69, 9.17) is 5.73 Å². The molecule has 2 N–H and O–H groups in total. The summed E-state index contributed by atoms with van der Waals surface area (Å²) in [5.74, 6) is 1.64. The zero-order chi connectivity index (χ0) is 14.1. The molecule has 0 bridgehead atoms. The van der Waals surface area contributed by atoms with Crippen molar-refractivity contribution < 1.29 is 0 Å². The van der Waals surface area contributed by atoms with Crippen molar-refractivity contribution in [3.63, 3.8) is 0 Å². The number of nitrogens with two attached hydrogens (primary N) is 1. The molecule has 0 radical (unpaired) electrons. The van der Waals surface area contributed by atoms with Crippen LogP contribution in [-0.4, -0.2) is 27.9 Å². The van der Waals surface area contributed by atoms with Gasteiger partial charge in [-0.25, -0.2) is 4.98 Å². The summed E-state index contributed by atoms with van der Waals surface area (Å²) in [5, 5.41) is 4.31. The van der Waals surface area contributed by atoms with Crippen molar-refractivity contribution >= 4 is 27.6 Å². The topological polar surface area (TPSA) is 60.0 Å². The molecule has 0 aliphatic carbocycles. The van der Waals surface area contributed by atoms with Crippen LogP contribution < -0.4 is 10.6 Å². The Morgan fingerprint density at radius 2 is 2.05 bits per heavy atom. The summed E-state index contributed by atoms with van der Waals surface area (Å²) in [6, 6.07) is 4.31. The molecule has 20 heavy (non-hydrogen) atoms. The van der Waals surface area contributed by atoms with Crippen molar-refractivity contribution in [2.24, 2.45) is 0 Å². The largest absolute Gasteiger partial charge is 0.382 e. The lowest BCUT2D eigenvalue weighted by Gasteiger charge is -2.33. The molecule has 0 aromatic carbocycles. The third-order valence-corrected chi connectivity index (χ3v) is 4.81. The van der Waals surface area contributed by atoms with E-state index in [2.05, 4.69) is 37.8 Å². The Morgan fingerprint density at radius 3 is 2.70 bits per heavy atom. The van der Waals surface area contributed by atoms with Crippen LogP contribution in [0.5, 0.6) is 0 Å². The first-order chi connectivity index (χ1) is 9.65. The van der Waals surface area contributed by atoms with Gasteiger partial charge in [-0.2, -0.15) is 5.10 Å². The van der Waals surface area contributed by atoms with Gasteiger partial charge in [0.05, 0.1) is 10.5 Å². The second-order valence-corrected chi connectivity index (χ2v) is 6.00. The Morgan fingerprint density at radius 1 is 1.30 bits per heavy atom. The molecular formula is C14H18BrN5. The van der Waals surface area contributed by atoms with Crippen LogP contribution in [0.3, 0.4) is 0 Å². The number of rotatable bonds is 2. The predicted octanol–water partition coefficient (Wildman–Crippen LogP) is 2.77. The summed E-state index contributed by atoms with van der Waals surface area (Å²) in [7, 11) is 0. The fraction of sp³-hybridized carbons (Fsp3) is 0.429. The second kappa shape index (κ2) is 5.44. The molecule has 6 heteroatoms. The number of aryl methyl sites for hydroxylation is 1. The standard InChI is InChI=1S/C14H18BrN5/c1-10-2-6-17-14(13(10)15)19-7-3-11(4-8-19)20-9-5-12(16)18-20/h2,5-6,9,11H,3-4,7-8H2,1H3,(H2,16,18). The molecule has 2 aromatic heterocycles. The van der Waals surface area contributed by atoms with Crippen molar-refractivity contribution in [1.82, 2.24) is 14.8 Å². The molecule has 5 nitrogen and oxygen atoms in total. The number of piperidine rings is 1. The Labute approximate surface area is 126 Å². The molecule has 0 unspecified atom stereocenters. The monoisotopic (exact) mass is 335 g/mol. The van der Waals surface area contributed by atoms with Gasteiger partial charge in [-0.1, -0.05) is 0 Å². The van der Waals surface area contributed by atoms with Gasteiger partial charge in [0.2, 0.25) is 0 Å². The van der Waals surface area contributed by atoms with Crippen LogP contribution in [0.1, 0.15) is 24.4 Å². The molecule has 106 valence electrons. The van der Waals surface area contributed by atoms with Gasteiger partial charge < -0.3 is 10.6 Å². The first-order valence-electron chi connectivity index (χ1n) is 6.82. The van der Waals surface area contributed by atoms with Crippen molar-refractivity contribution in [2.75, 3.05) is 23.7 Å². The van der Waals surface area contributed by atoms with E-state index in [1.54, 1.807) is 0 Å². The van der Waals surface area contributed by atoms with Gasteiger partial charge in [0.15, 0.2) is 0 Å². The number of anilines is 2. The van der Waals surface area contributed by atoms with Crippen LogP contribution in [0.25, 0.3) is 0 Å². The minimum atomic E-state index is 0.437. The second-order valence-electron chi connectivity index (χ2n) is 5.20. The molecule has 0 spiro atoms. The molecule has 3 rings (SSSR count). The van der Waals surface area contributed by atoms with Gasteiger partial charge in [0.1, 0.15) is 11.6 Å². The average molecular weight is 336 g/mol. The molecule has 1 aliphatic heterocycles. The minimum Gasteiger partial charge on any atom is -0.382 e. The van der Waals surface area contributed by atoms with Crippen molar-refractivity contribution in [3.8, 4) is 0 Å². The zero-order valence-electron chi connectivity index (χ0n) is 11.5. The maximum atomic E-state index is 5.68. The summed E-state index contributed by atoms with van der Waals surface area (Å²) < 4.78 is 3.09. The maximum Gasteiger partial charge on any atom is 0.145 e. The quantitative estimate of drug-likeness (QED) is 0.916. The number of hydrogen-bond donors (Lipinski definition) is 1. The lowest BCUT2D eigenvalue weighted by molar-refractivity contribution is 0.366. The van der Waals surface area contributed by atoms with Crippen molar-refractivity contribution in [2.45, 2.75) is 25.8 Å². The fourth-order valence-corrected chi connectivity index (χ4v) is 3.13. The number of nitrogen functional groups attached to an aromatic ring is 1. The first kappa shape index (κ1) is 13.4. The number of pyridine rings is 1. The lowest BCUT2D eigenvalue weighted by atomic mass is 10.1. The highest BCUT2D eigenvalue weighted by molar-refractivity contribution is 9.10. The third kappa shape index (κ3) is 2.52. The van der Waals surface area contributed by atoms with E-state index in [9.17, 15) is 0 Å². The molecule has 0 saturated carbocycles. The highest BCUT2D eigenvalue weighted by atomic mass is 79.9. The smallest absolute Gasteiger partial charge is 0.145 e. The molecule has 1 aliphatic rings. The normalized spacial score (nSPS) is 16.6. The summed E-state index contributed by atoms with van der Waals surface area (Å²) in [6.45, 7) is 4.06. The first-order valence-corrected chi connectivity index (χ1v) is 7.61. The number of halogens is 1. The van der Waals surface area contributed by atoms with Gasteiger partial charge in [-0.15, -0.1) is 0 Å². The van der Waals surface area contributed by atoms with Crippen LogP contribution in [0.4, 0.5) is 11.6 Å². The SMILES string of the molecule is Cc1ccnc(N2CCC(n3ccc(N)n3)CC2)c1Br. The van der Waals surface area contributed by atoms with Crippen LogP contribution in [-0.2, 0) is 0 Å². The number of nitrogens with zero attached hydrogens (tertiary/aromatic N) is 4. The molecule has 1 saturated heterocycles. The molecule has 1 fully saturated rings.